The van der Waals surface area contributed by atoms with Gasteiger partial charge in [-0.15, -0.1) is 5.10 Å². The summed E-state index contributed by atoms with van der Waals surface area (Å²) in [4.78, 5) is 0. The van der Waals surface area contributed by atoms with Gasteiger partial charge in [-0.3, -0.25) is 0 Å². The average molecular weight is 402 g/mol. The highest BCUT2D eigenvalue weighted by Crippen LogP contribution is 2.34. The summed E-state index contributed by atoms with van der Waals surface area (Å²) in [6.07, 6.45) is -3.56. The van der Waals surface area contributed by atoms with E-state index in [-0.39, 0.29) is 11.4 Å². The summed E-state index contributed by atoms with van der Waals surface area (Å²) in [5.41, 5.74) is -0.957. The number of hydrogen-bond acceptors (Lipinski definition) is 5. The van der Waals surface area contributed by atoms with E-state index in [1.807, 2.05) is 0 Å². The highest BCUT2D eigenvalue weighted by Gasteiger charge is 2.35. The van der Waals surface area contributed by atoms with E-state index in [0.717, 1.165) is 16.8 Å². The van der Waals surface area contributed by atoms with Crippen molar-refractivity contribution in [1.29, 1.82) is 0 Å². The maximum absolute atomic E-state index is 13.2. The normalized spacial score (nSPS) is 12.2. The summed E-state index contributed by atoms with van der Waals surface area (Å²) < 4.78 is 79.7. The van der Waals surface area contributed by atoms with Crippen molar-refractivity contribution in [2.45, 2.75) is 6.18 Å². The van der Waals surface area contributed by atoms with Crippen LogP contribution in [0.2, 0.25) is 0 Å². The molecule has 0 amide bonds. The first-order valence-corrected chi connectivity index (χ1v) is 8.62. The standard InChI is InChI=1S/C15H10F4N4O3S/c16-10-3-6-14(12(7-10)15(17,18)19)23-8-13(21-22-23)9-1-4-11(5-2-9)26-27(20,24)25/h1-8H,(H2,20,24,25). The third kappa shape index (κ3) is 4.41. The molecule has 2 aromatic carbocycles. The number of hydrogen-bond donors (Lipinski definition) is 1. The van der Waals surface area contributed by atoms with Crippen LogP contribution in [-0.4, -0.2) is 23.4 Å². The van der Waals surface area contributed by atoms with Crippen LogP contribution in [-0.2, 0) is 16.5 Å². The van der Waals surface area contributed by atoms with E-state index in [0.29, 0.717) is 11.6 Å². The number of nitrogens with two attached hydrogens (primary N) is 1. The lowest BCUT2D eigenvalue weighted by Gasteiger charge is -2.12. The molecule has 0 bridgehead atoms. The lowest BCUT2D eigenvalue weighted by molar-refractivity contribution is -0.137. The molecule has 27 heavy (non-hydrogen) atoms. The number of alkyl halides is 3. The Kier molecular flexibility index (Phi) is 4.61. The van der Waals surface area contributed by atoms with Crippen LogP contribution in [0.1, 0.15) is 5.56 Å². The Bertz CT molecular complexity index is 1080. The van der Waals surface area contributed by atoms with Crippen LogP contribution >= 0.6 is 0 Å². The van der Waals surface area contributed by atoms with E-state index in [9.17, 15) is 26.0 Å². The molecule has 7 nitrogen and oxygen atoms in total. The molecule has 12 heteroatoms. The largest absolute Gasteiger partial charge is 0.418 e. The second kappa shape index (κ2) is 6.63. The minimum Gasteiger partial charge on any atom is -0.371 e. The monoisotopic (exact) mass is 402 g/mol. The summed E-state index contributed by atoms with van der Waals surface area (Å²) in [6.45, 7) is 0. The fraction of sp³-hybridized carbons (Fsp3) is 0.0667. The lowest BCUT2D eigenvalue weighted by Crippen LogP contribution is -2.18. The summed E-state index contributed by atoms with van der Waals surface area (Å²) in [7, 11) is -4.18. The molecule has 0 spiro atoms. The van der Waals surface area contributed by atoms with Gasteiger partial charge >= 0.3 is 16.5 Å². The second-order valence-corrected chi connectivity index (χ2v) is 6.46. The van der Waals surface area contributed by atoms with Crippen molar-refractivity contribution >= 4 is 10.3 Å². The van der Waals surface area contributed by atoms with Crippen LogP contribution in [0.15, 0.2) is 48.7 Å². The fourth-order valence-electron chi connectivity index (χ4n) is 2.26. The van der Waals surface area contributed by atoms with Crippen LogP contribution in [0, 0.1) is 5.82 Å². The Balaban J connectivity index is 1.94. The number of benzene rings is 2. The predicted octanol–water partition coefficient (Wildman–Crippen LogP) is 2.67. The highest BCUT2D eigenvalue weighted by molar-refractivity contribution is 7.84. The highest BCUT2D eigenvalue weighted by atomic mass is 32.2. The van der Waals surface area contributed by atoms with Gasteiger partial charge in [0.2, 0.25) is 0 Å². The topological polar surface area (TPSA) is 100 Å². The molecule has 0 radical (unpaired) electrons. The minimum absolute atomic E-state index is 0.0495. The molecule has 1 aromatic heterocycles. The van der Waals surface area contributed by atoms with E-state index >= 15 is 0 Å². The zero-order valence-corrected chi connectivity index (χ0v) is 14.0. The van der Waals surface area contributed by atoms with Crippen LogP contribution in [0.3, 0.4) is 0 Å². The maximum atomic E-state index is 13.2. The van der Waals surface area contributed by atoms with E-state index < -0.39 is 33.5 Å². The molecular formula is C15H10F4N4O3S. The quantitative estimate of drug-likeness (QED) is 0.677. The van der Waals surface area contributed by atoms with Crippen molar-refractivity contribution < 1.29 is 30.2 Å². The van der Waals surface area contributed by atoms with Crippen LogP contribution < -0.4 is 9.32 Å². The van der Waals surface area contributed by atoms with Gasteiger partial charge in [0.1, 0.15) is 17.3 Å². The molecule has 1 heterocycles. The Labute approximate surface area is 150 Å². The Morgan fingerprint density at radius 3 is 2.33 bits per heavy atom. The Morgan fingerprint density at radius 1 is 1.07 bits per heavy atom. The van der Waals surface area contributed by atoms with Crippen molar-refractivity contribution in [3.8, 4) is 22.7 Å². The van der Waals surface area contributed by atoms with Crippen LogP contribution in [0.5, 0.6) is 5.75 Å². The Hall–Kier alpha value is -2.99. The molecule has 0 saturated carbocycles. The van der Waals surface area contributed by atoms with Gasteiger partial charge in [-0.25, -0.2) is 9.07 Å². The summed E-state index contributed by atoms with van der Waals surface area (Å²) in [5.74, 6) is -1.08. The predicted molar refractivity (Wildman–Crippen MR) is 85.5 cm³/mol. The van der Waals surface area contributed by atoms with Gasteiger partial charge in [0, 0.05) is 5.56 Å². The molecule has 0 aliphatic heterocycles. The van der Waals surface area contributed by atoms with E-state index in [1.165, 1.54) is 30.5 Å². The first-order valence-electron chi connectivity index (χ1n) is 7.15. The number of rotatable bonds is 4. The molecule has 0 saturated heterocycles. The molecule has 2 N–H and O–H groups in total. The fourth-order valence-corrected chi connectivity index (χ4v) is 2.64. The van der Waals surface area contributed by atoms with Crippen LogP contribution in [0.25, 0.3) is 16.9 Å². The average Bonchev–Trinajstić information content (AvgIpc) is 3.03. The van der Waals surface area contributed by atoms with Crippen molar-refractivity contribution in [2.75, 3.05) is 0 Å². The van der Waals surface area contributed by atoms with E-state index in [2.05, 4.69) is 14.5 Å². The summed E-state index contributed by atoms with van der Waals surface area (Å²) in [5, 5.41) is 12.2. The SMILES string of the molecule is NS(=O)(=O)Oc1ccc(-c2cn(-c3ccc(F)cc3C(F)(F)F)nn2)cc1. The molecule has 0 aliphatic rings. The molecular weight excluding hydrogens is 392 g/mol. The summed E-state index contributed by atoms with van der Waals surface area (Å²) in [6, 6.07) is 7.62. The molecule has 142 valence electrons. The Morgan fingerprint density at radius 2 is 1.74 bits per heavy atom. The van der Waals surface area contributed by atoms with Crippen LogP contribution in [0.4, 0.5) is 17.6 Å². The van der Waals surface area contributed by atoms with Crippen molar-refractivity contribution in [2.24, 2.45) is 5.14 Å². The zero-order chi connectivity index (χ0) is 19.8. The number of halogens is 4. The summed E-state index contributed by atoms with van der Waals surface area (Å²) >= 11 is 0. The first-order chi connectivity index (χ1) is 12.5. The van der Waals surface area contributed by atoms with Crippen molar-refractivity contribution in [3.63, 3.8) is 0 Å². The molecule has 0 aliphatic carbocycles. The van der Waals surface area contributed by atoms with Gasteiger partial charge in [-0.2, -0.15) is 26.7 Å². The second-order valence-electron chi connectivity index (χ2n) is 5.31. The van der Waals surface area contributed by atoms with Gasteiger partial charge in [0.05, 0.1) is 17.4 Å². The first kappa shape index (κ1) is 18.8. The van der Waals surface area contributed by atoms with Gasteiger partial charge in [-0.05, 0) is 42.5 Å². The van der Waals surface area contributed by atoms with Crippen molar-refractivity contribution in [1.82, 2.24) is 15.0 Å². The zero-order valence-electron chi connectivity index (χ0n) is 13.2. The smallest absolute Gasteiger partial charge is 0.371 e. The molecule has 3 rings (SSSR count). The van der Waals surface area contributed by atoms with E-state index in [1.54, 1.807) is 0 Å². The van der Waals surface area contributed by atoms with Crippen molar-refractivity contribution in [3.05, 3.63) is 60.0 Å². The molecule has 0 unspecified atom stereocenters. The minimum atomic E-state index is -4.78. The van der Waals surface area contributed by atoms with Gasteiger partial charge < -0.3 is 4.18 Å². The van der Waals surface area contributed by atoms with Gasteiger partial charge in [0.15, 0.2) is 0 Å². The van der Waals surface area contributed by atoms with Gasteiger partial charge in [-0.1, -0.05) is 5.21 Å². The molecule has 3 aromatic rings. The number of aromatic nitrogens is 3. The molecule has 0 atom stereocenters. The van der Waals surface area contributed by atoms with E-state index in [4.69, 9.17) is 5.14 Å². The van der Waals surface area contributed by atoms with Gasteiger partial charge in [0.25, 0.3) is 0 Å². The maximum Gasteiger partial charge on any atom is 0.418 e. The number of nitrogens with zero attached hydrogens (tertiary/aromatic N) is 3. The molecule has 0 fully saturated rings. The third-order valence-electron chi connectivity index (χ3n) is 3.37. The third-order valence-corrected chi connectivity index (χ3v) is 3.79. The lowest BCUT2D eigenvalue weighted by atomic mass is 10.1.